The normalized spacial score (nSPS) is 10.9. The summed E-state index contributed by atoms with van der Waals surface area (Å²) in [6.07, 6.45) is 0. The number of hydrogen-bond acceptors (Lipinski definition) is 1. The van der Waals surface area contributed by atoms with Crippen LogP contribution in [0, 0.1) is 3.57 Å². The van der Waals surface area contributed by atoms with E-state index in [1.165, 1.54) is 0 Å². The lowest BCUT2D eigenvalue weighted by Crippen LogP contribution is -1.82. The largest absolute Gasteiger partial charge is 0.338 e. The number of aromatic amines is 1. The Morgan fingerprint density at radius 3 is 2.71 bits per heavy atom. The van der Waals surface area contributed by atoms with Crippen molar-refractivity contribution in [3.8, 4) is 11.4 Å². The van der Waals surface area contributed by atoms with Gasteiger partial charge in [-0.05, 0) is 52.9 Å². The number of halogens is 2. The summed E-state index contributed by atoms with van der Waals surface area (Å²) < 4.78 is 1.10. The van der Waals surface area contributed by atoms with Crippen LogP contribution in [-0.4, -0.2) is 9.97 Å². The lowest BCUT2D eigenvalue weighted by atomic mass is 10.2. The van der Waals surface area contributed by atoms with Crippen LogP contribution in [-0.2, 0) is 0 Å². The summed E-state index contributed by atoms with van der Waals surface area (Å²) in [7, 11) is 0. The molecule has 0 aliphatic rings. The Labute approximate surface area is 117 Å². The van der Waals surface area contributed by atoms with E-state index in [0.717, 1.165) is 31.0 Å². The highest BCUT2D eigenvalue weighted by Crippen LogP contribution is 2.25. The van der Waals surface area contributed by atoms with E-state index < -0.39 is 0 Å². The van der Waals surface area contributed by atoms with E-state index in [2.05, 4.69) is 38.6 Å². The molecule has 1 aromatic heterocycles. The second kappa shape index (κ2) is 4.31. The molecule has 84 valence electrons. The molecule has 0 radical (unpaired) electrons. The quantitative estimate of drug-likeness (QED) is 0.641. The van der Waals surface area contributed by atoms with Crippen molar-refractivity contribution in [2.45, 2.75) is 0 Å². The fourth-order valence-corrected chi connectivity index (χ4v) is 2.87. The van der Waals surface area contributed by atoms with Crippen LogP contribution in [0.2, 0.25) is 5.02 Å². The van der Waals surface area contributed by atoms with Gasteiger partial charge in [-0.25, -0.2) is 4.98 Å². The third-order valence-electron chi connectivity index (χ3n) is 2.53. The second-order valence-corrected chi connectivity index (χ2v) is 5.44. The highest BCUT2D eigenvalue weighted by Gasteiger charge is 2.06. The standard InChI is InChI=1S/C13H8ClIN2/c14-9-5-8(6-10(15)7-9)13-16-11-3-1-2-4-12(11)17-13/h1-7H,(H,16,17). The molecular formula is C13H8ClIN2. The Morgan fingerprint density at radius 1 is 1.12 bits per heavy atom. The first kappa shape index (κ1) is 11.0. The topological polar surface area (TPSA) is 28.7 Å². The third-order valence-corrected chi connectivity index (χ3v) is 3.37. The van der Waals surface area contributed by atoms with Crippen LogP contribution in [0.5, 0.6) is 0 Å². The van der Waals surface area contributed by atoms with Crippen molar-refractivity contribution in [3.05, 3.63) is 51.1 Å². The molecule has 0 saturated carbocycles. The van der Waals surface area contributed by atoms with E-state index in [1.807, 2.05) is 36.4 Å². The lowest BCUT2D eigenvalue weighted by Gasteiger charge is -1.99. The number of nitrogens with zero attached hydrogens (tertiary/aromatic N) is 1. The first-order valence-corrected chi connectivity index (χ1v) is 6.59. The van der Waals surface area contributed by atoms with Crippen LogP contribution in [0.4, 0.5) is 0 Å². The maximum atomic E-state index is 6.05. The zero-order valence-electron chi connectivity index (χ0n) is 8.74. The van der Waals surface area contributed by atoms with Gasteiger partial charge in [-0.2, -0.15) is 0 Å². The van der Waals surface area contributed by atoms with Crippen LogP contribution < -0.4 is 0 Å². The van der Waals surface area contributed by atoms with E-state index in [9.17, 15) is 0 Å². The molecule has 0 unspecified atom stereocenters. The molecule has 0 spiro atoms. The number of hydrogen-bond donors (Lipinski definition) is 1. The number of benzene rings is 2. The van der Waals surface area contributed by atoms with Gasteiger partial charge in [0.25, 0.3) is 0 Å². The van der Waals surface area contributed by atoms with Crippen molar-refractivity contribution < 1.29 is 0 Å². The summed E-state index contributed by atoms with van der Waals surface area (Å²) in [4.78, 5) is 7.84. The zero-order valence-corrected chi connectivity index (χ0v) is 11.7. The third kappa shape index (κ3) is 2.17. The molecule has 3 rings (SSSR count). The second-order valence-electron chi connectivity index (χ2n) is 3.76. The molecule has 1 N–H and O–H groups in total. The molecular weight excluding hydrogens is 347 g/mol. The van der Waals surface area contributed by atoms with Gasteiger partial charge in [0.15, 0.2) is 0 Å². The van der Waals surface area contributed by atoms with Gasteiger partial charge in [-0.15, -0.1) is 0 Å². The summed E-state index contributed by atoms with van der Waals surface area (Å²) in [6.45, 7) is 0. The van der Waals surface area contributed by atoms with E-state index >= 15 is 0 Å². The molecule has 0 fully saturated rings. The predicted octanol–water partition coefficient (Wildman–Crippen LogP) is 4.49. The number of nitrogens with one attached hydrogen (secondary N) is 1. The average Bonchev–Trinajstić information content (AvgIpc) is 2.71. The van der Waals surface area contributed by atoms with E-state index in [4.69, 9.17) is 11.6 Å². The van der Waals surface area contributed by atoms with Crippen molar-refractivity contribution >= 4 is 45.2 Å². The molecule has 0 aliphatic heterocycles. The van der Waals surface area contributed by atoms with Crippen molar-refractivity contribution in [1.82, 2.24) is 9.97 Å². The van der Waals surface area contributed by atoms with Crippen molar-refractivity contribution in [3.63, 3.8) is 0 Å². The molecule has 1 heterocycles. The monoisotopic (exact) mass is 354 g/mol. The molecule has 2 nitrogen and oxygen atoms in total. The van der Waals surface area contributed by atoms with Crippen molar-refractivity contribution in [1.29, 1.82) is 0 Å². The van der Waals surface area contributed by atoms with Gasteiger partial charge < -0.3 is 4.98 Å². The van der Waals surface area contributed by atoms with Gasteiger partial charge in [-0.1, -0.05) is 23.7 Å². The molecule has 0 bridgehead atoms. The van der Waals surface area contributed by atoms with Crippen molar-refractivity contribution in [2.24, 2.45) is 0 Å². The van der Waals surface area contributed by atoms with E-state index in [1.54, 1.807) is 0 Å². The number of aromatic nitrogens is 2. The highest BCUT2D eigenvalue weighted by atomic mass is 127. The van der Waals surface area contributed by atoms with Crippen LogP contribution in [0.3, 0.4) is 0 Å². The molecule has 3 aromatic rings. The highest BCUT2D eigenvalue weighted by molar-refractivity contribution is 14.1. The van der Waals surface area contributed by atoms with Gasteiger partial charge in [0.2, 0.25) is 0 Å². The summed E-state index contributed by atoms with van der Waals surface area (Å²) in [6, 6.07) is 13.9. The van der Waals surface area contributed by atoms with Crippen LogP contribution in [0.1, 0.15) is 0 Å². The summed E-state index contributed by atoms with van der Waals surface area (Å²) in [5.74, 6) is 0.853. The number of imidazole rings is 1. The smallest absolute Gasteiger partial charge is 0.138 e. The zero-order chi connectivity index (χ0) is 11.8. The minimum atomic E-state index is 0.729. The SMILES string of the molecule is Clc1cc(I)cc(-c2nc3ccccc3[nH]2)c1. The lowest BCUT2D eigenvalue weighted by molar-refractivity contribution is 1.33. The molecule has 0 amide bonds. The van der Waals surface area contributed by atoms with Gasteiger partial charge in [0.1, 0.15) is 5.82 Å². The van der Waals surface area contributed by atoms with Crippen molar-refractivity contribution in [2.75, 3.05) is 0 Å². The van der Waals surface area contributed by atoms with Gasteiger partial charge in [0.05, 0.1) is 11.0 Å². The van der Waals surface area contributed by atoms with Gasteiger partial charge in [-0.3, -0.25) is 0 Å². The number of fused-ring (bicyclic) bond motifs is 1. The predicted molar refractivity (Wildman–Crippen MR) is 79.3 cm³/mol. The Balaban J connectivity index is 2.20. The number of rotatable bonds is 1. The Hall–Kier alpha value is -1.07. The fraction of sp³-hybridized carbons (Fsp3) is 0. The van der Waals surface area contributed by atoms with Gasteiger partial charge >= 0.3 is 0 Å². The maximum absolute atomic E-state index is 6.05. The first-order valence-electron chi connectivity index (χ1n) is 5.13. The van der Waals surface area contributed by atoms with E-state index in [0.29, 0.717) is 0 Å². The fourth-order valence-electron chi connectivity index (χ4n) is 1.78. The molecule has 2 aromatic carbocycles. The Morgan fingerprint density at radius 2 is 1.94 bits per heavy atom. The van der Waals surface area contributed by atoms with Crippen LogP contribution in [0.25, 0.3) is 22.4 Å². The number of para-hydroxylation sites is 2. The molecule has 0 atom stereocenters. The minimum Gasteiger partial charge on any atom is -0.338 e. The average molecular weight is 355 g/mol. The maximum Gasteiger partial charge on any atom is 0.138 e. The van der Waals surface area contributed by atoms with Gasteiger partial charge in [0, 0.05) is 14.2 Å². The van der Waals surface area contributed by atoms with Crippen LogP contribution in [0.15, 0.2) is 42.5 Å². The molecule has 17 heavy (non-hydrogen) atoms. The summed E-state index contributed by atoms with van der Waals surface area (Å²) in [5, 5.41) is 0.729. The summed E-state index contributed by atoms with van der Waals surface area (Å²) in [5.41, 5.74) is 3.02. The number of H-pyrrole nitrogens is 1. The molecule has 0 saturated heterocycles. The summed E-state index contributed by atoms with van der Waals surface area (Å²) >= 11 is 8.30. The minimum absolute atomic E-state index is 0.729. The Bertz CT molecular complexity index is 637. The van der Waals surface area contributed by atoms with Crippen LogP contribution >= 0.6 is 34.2 Å². The van der Waals surface area contributed by atoms with E-state index in [-0.39, 0.29) is 0 Å². The first-order chi connectivity index (χ1) is 8.22. The Kier molecular flexibility index (Phi) is 2.80. The molecule has 0 aliphatic carbocycles. The molecule has 4 heteroatoms.